The van der Waals surface area contributed by atoms with E-state index >= 15 is 0 Å². The number of ether oxygens (including phenoxy) is 1. The van der Waals surface area contributed by atoms with Gasteiger partial charge in [-0.2, -0.15) is 0 Å². The topological polar surface area (TPSA) is 21.3 Å². The van der Waals surface area contributed by atoms with E-state index in [1.54, 1.807) is 0 Å². The molecule has 0 aromatic heterocycles. The van der Waals surface area contributed by atoms with Crippen LogP contribution in [-0.4, -0.2) is 6.10 Å². The molecule has 0 amide bonds. The average Bonchev–Trinajstić information content (AvgIpc) is 2.38. The second-order valence-corrected chi connectivity index (χ2v) is 6.47. The van der Waals surface area contributed by atoms with Gasteiger partial charge in [0.25, 0.3) is 0 Å². The zero-order chi connectivity index (χ0) is 14.5. The van der Waals surface area contributed by atoms with Crippen molar-refractivity contribution < 1.29 is 4.74 Å². The van der Waals surface area contributed by atoms with E-state index in [-0.39, 0.29) is 6.10 Å². The summed E-state index contributed by atoms with van der Waals surface area (Å²) >= 11 is 7.10. The first kappa shape index (κ1) is 15.4. The summed E-state index contributed by atoms with van der Waals surface area (Å²) in [5.74, 6) is 0.908. The second-order valence-electron chi connectivity index (χ2n) is 4.76. The summed E-state index contributed by atoms with van der Waals surface area (Å²) in [5, 5.41) is 3.43. The molecule has 0 bridgehead atoms. The van der Waals surface area contributed by atoms with Gasteiger partial charge in [0.05, 0.1) is 11.8 Å². The average molecular weight is 399 g/mol. The van der Waals surface area contributed by atoms with Gasteiger partial charge in [0.2, 0.25) is 0 Å². The van der Waals surface area contributed by atoms with Crippen LogP contribution in [-0.2, 0) is 6.54 Å². The summed E-state index contributed by atoms with van der Waals surface area (Å²) in [6.07, 6.45) is 0.190. The van der Waals surface area contributed by atoms with Crippen LogP contribution in [0.4, 0.5) is 5.69 Å². The van der Waals surface area contributed by atoms with Crippen molar-refractivity contribution in [2.75, 3.05) is 5.32 Å². The summed E-state index contributed by atoms with van der Waals surface area (Å²) in [4.78, 5) is 0. The molecule has 0 radical (unpaired) electrons. The second kappa shape index (κ2) is 7.14. The van der Waals surface area contributed by atoms with Crippen LogP contribution in [0.5, 0.6) is 5.75 Å². The van der Waals surface area contributed by atoms with Crippen molar-refractivity contribution in [1.29, 1.82) is 0 Å². The first-order chi connectivity index (χ1) is 9.56. The Morgan fingerprint density at radius 2 is 1.70 bits per heavy atom. The molecule has 0 aliphatic carbocycles. The highest BCUT2D eigenvalue weighted by molar-refractivity contribution is 9.11. The highest BCUT2D eigenvalue weighted by Crippen LogP contribution is 2.31. The van der Waals surface area contributed by atoms with E-state index in [0.717, 1.165) is 26.9 Å². The van der Waals surface area contributed by atoms with E-state index in [2.05, 4.69) is 49.3 Å². The number of halogens is 2. The standard InChI is InChI=1S/C16H17Br2NO/c1-11(2)20-13-6-3-5-12(9-13)10-19-16-14(17)7-4-8-15(16)18/h3-9,11,19H,10H2,1-2H3. The molecule has 1 N–H and O–H groups in total. The molecule has 106 valence electrons. The van der Waals surface area contributed by atoms with Gasteiger partial charge in [-0.1, -0.05) is 18.2 Å². The molecule has 0 unspecified atom stereocenters. The molecule has 2 nitrogen and oxygen atoms in total. The molecule has 20 heavy (non-hydrogen) atoms. The van der Waals surface area contributed by atoms with Crippen LogP contribution < -0.4 is 10.1 Å². The largest absolute Gasteiger partial charge is 0.491 e. The van der Waals surface area contributed by atoms with Crippen molar-refractivity contribution in [2.24, 2.45) is 0 Å². The Hall–Kier alpha value is -1.00. The lowest BCUT2D eigenvalue weighted by Gasteiger charge is -2.13. The maximum Gasteiger partial charge on any atom is 0.120 e. The van der Waals surface area contributed by atoms with Crippen LogP contribution >= 0.6 is 31.9 Å². The fourth-order valence-corrected chi connectivity index (χ4v) is 3.14. The summed E-state index contributed by atoms with van der Waals surface area (Å²) in [6, 6.07) is 14.2. The Morgan fingerprint density at radius 3 is 2.35 bits per heavy atom. The summed E-state index contributed by atoms with van der Waals surface area (Å²) in [7, 11) is 0. The van der Waals surface area contributed by atoms with Gasteiger partial charge in [-0.3, -0.25) is 0 Å². The van der Waals surface area contributed by atoms with Gasteiger partial charge in [-0.25, -0.2) is 0 Å². The van der Waals surface area contributed by atoms with Crippen LogP contribution in [0.2, 0.25) is 0 Å². The molecule has 0 atom stereocenters. The molecular weight excluding hydrogens is 382 g/mol. The smallest absolute Gasteiger partial charge is 0.120 e. The van der Waals surface area contributed by atoms with Gasteiger partial charge in [-0.15, -0.1) is 0 Å². The van der Waals surface area contributed by atoms with Crippen molar-refractivity contribution >= 4 is 37.5 Å². The van der Waals surface area contributed by atoms with E-state index in [9.17, 15) is 0 Å². The Balaban J connectivity index is 2.07. The van der Waals surface area contributed by atoms with Crippen LogP contribution in [0.3, 0.4) is 0 Å². The molecule has 2 aromatic carbocycles. The van der Waals surface area contributed by atoms with Gasteiger partial charge in [0.15, 0.2) is 0 Å². The first-order valence-corrected chi connectivity index (χ1v) is 8.08. The minimum absolute atomic E-state index is 0.190. The number of hydrogen-bond acceptors (Lipinski definition) is 2. The lowest BCUT2D eigenvalue weighted by molar-refractivity contribution is 0.242. The van der Waals surface area contributed by atoms with E-state index < -0.39 is 0 Å². The fourth-order valence-electron chi connectivity index (χ4n) is 1.86. The maximum absolute atomic E-state index is 5.71. The molecule has 0 aliphatic rings. The molecule has 2 rings (SSSR count). The molecule has 0 aliphatic heterocycles. The normalized spacial score (nSPS) is 10.7. The number of anilines is 1. The Bertz CT molecular complexity index is 564. The van der Waals surface area contributed by atoms with Crippen molar-refractivity contribution in [3.8, 4) is 5.75 Å². The highest BCUT2D eigenvalue weighted by atomic mass is 79.9. The SMILES string of the molecule is CC(C)Oc1cccc(CNc2c(Br)cccc2Br)c1. The zero-order valence-electron chi connectivity index (χ0n) is 11.5. The monoisotopic (exact) mass is 397 g/mol. The summed E-state index contributed by atoms with van der Waals surface area (Å²) in [6.45, 7) is 4.81. The van der Waals surface area contributed by atoms with E-state index in [0.29, 0.717) is 0 Å². The van der Waals surface area contributed by atoms with Crippen molar-refractivity contribution in [3.63, 3.8) is 0 Å². The van der Waals surface area contributed by atoms with Gasteiger partial charge in [0.1, 0.15) is 5.75 Å². The number of para-hydroxylation sites is 1. The quantitative estimate of drug-likeness (QED) is 0.706. The van der Waals surface area contributed by atoms with Gasteiger partial charge < -0.3 is 10.1 Å². The molecule has 2 aromatic rings. The van der Waals surface area contributed by atoms with Gasteiger partial charge in [0, 0.05) is 15.5 Å². The third-order valence-corrected chi connectivity index (χ3v) is 4.02. The number of hydrogen-bond donors (Lipinski definition) is 1. The lowest BCUT2D eigenvalue weighted by atomic mass is 10.2. The zero-order valence-corrected chi connectivity index (χ0v) is 14.7. The third kappa shape index (κ3) is 4.25. The first-order valence-electron chi connectivity index (χ1n) is 6.49. The molecule has 0 fully saturated rings. The lowest BCUT2D eigenvalue weighted by Crippen LogP contribution is -2.06. The maximum atomic E-state index is 5.71. The molecule has 0 saturated heterocycles. The Labute approximate surface area is 136 Å². The predicted octanol–water partition coefficient (Wildman–Crippen LogP) is 5.61. The minimum atomic E-state index is 0.190. The highest BCUT2D eigenvalue weighted by Gasteiger charge is 2.05. The molecule has 0 saturated carbocycles. The van der Waals surface area contributed by atoms with E-state index in [1.807, 2.05) is 44.2 Å². The van der Waals surface area contributed by atoms with Crippen LogP contribution in [0, 0.1) is 0 Å². The number of nitrogens with one attached hydrogen (secondary N) is 1. The molecular formula is C16H17Br2NO. The van der Waals surface area contributed by atoms with Crippen LogP contribution in [0.15, 0.2) is 51.4 Å². The van der Waals surface area contributed by atoms with E-state index in [1.165, 1.54) is 5.56 Å². The van der Waals surface area contributed by atoms with Gasteiger partial charge >= 0.3 is 0 Å². The Kier molecular flexibility index (Phi) is 5.49. The van der Waals surface area contributed by atoms with Gasteiger partial charge in [-0.05, 0) is 75.5 Å². The van der Waals surface area contributed by atoms with Crippen molar-refractivity contribution in [1.82, 2.24) is 0 Å². The number of benzene rings is 2. The molecule has 0 spiro atoms. The van der Waals surface area contributed by atoms with Crippen LogP contribution in [0.1, 0.15) is 19.4 Å². The predicted molar refractivity (Wildman–Crippen MR) is 91.4 cm³/mol. The summed E-state index contributed by atoms with van der Waals surface area (Å²) in [5.41, 5.74) is 2.24. The van der Waals surface area contributed by atoms with Crippen LogP contribution in [0.25, 0.3) is 0 Å². The molecule has 0 heterocycles. The minimum Gasteiger partial charge on any atom is -0.491 e. The number of rotatable bonds is 5. The van der Waals surface area contributed by atoms with Crippen molar-refractivity contribution in [3.05, 3.63) is 57.0 Å². The Morgan fingerprint density at radius 1 is 1.05 bits per heavy atom. The fraction of sp³-hybridized carbons (Fsp3) is 0.250. The van der Waals surface area contributed by atoms with Crippen molar-refractivity contribution in [2.45, 2.75) is 26.5 Å². The van der Waals surface area contributed by atoms with E-state index in [4.69, 9.17) is 4.74 Å². The summed E-state index contributed by atoms with van der Waals surface area (Å²) < 4.78 is 7.79. The third-order valence-electron chi connectivity index (χ3n) is 2.70. The molecule has 4 heteroatoms.